The number of hydrogen-bond donors (Lipinski definition) is 0. The van der Waals surface area contributed by atoms with Crippen LogP contribution in [0.2, 0.25) is 0 Å². The number of rotatable bonds is 7. The summed E-state index contributed by atoms with van der Waals surface area (Å²) in [4.78, 5) is 2.05. The molecule has 0 amide bonds. The van der Waals surface area contributed by atoms with Crippen molar-refractivity contribution in [1.29, 1.82) is 0 Å². The van der Waals surface area contributed by atoms with Crippen LogP contribution in [0.3, 0.4) is 0 Å². The molecule has 3 nitrogen and oxygen atoms in total. The molecule has 0 bridgehead atoms. The molecule has 0 saturated heterocycles. The summed E-state index contributed by atoms with van der Waals surface area (Å²) in [6.45, 7) is 4.88. The Morgan fingerprint density at radius 1 is 0.793 bits per heavy atom. The van der Waals surface area contributed by atoms with Crippen molar-refractivity contribution in [1.82, 2.24) is 0 Å². The van der Waals surface area contributed by atoms with Crippen LogP contribution in [0.4, 0.5) is 10.1 Å². The molecule has 0 unspecified atom stereocenters. The van der Waals surface area contributed by atoms with E-state index in [4.69, 9.17) is 9.47 Å². The van der Waals surface area contributed by atoms with Crippen LogP contribution in [0.5, 0.6) is 11.5 Å². The van der Waals surface area contributed by atoms with Crippen molar-refractivity contribution in [2.24, 2.45) is 0 Å². The second-order valence-corrected chi connectivity index (χ2v) is 7.85. The largest absolute Gasteiger partial charge is 0.497 e. The third-order valence-electron chi connectivity index (χ3n) is 5.14. The maximum Gasteiger partial charge on any atom is 0.149 e. The zero-order valence-electron chi connectivity index (χ0n) is 17.1. The summed E-state index contributed by atoms with van der Waals surface area (Å²) in [6.07, 6.45) is 0. The standard InChI is InChI=1S/C24H25BrFNO2/c1-16-17(2)24(26)23(13-22(16)25)27(14-18-5-9-20(28-3)10-6-18)15-19-7-11-21(29-4)12-8-19/h5-13H,14-15H2,1-4H3. The van der Waals surface area contributed by atoms with Gasteiger partial charge in [0.15, 0.2) is 0 Å². The summed E-state index contributed by atoms with van der Waals surface area (Å²) >= 11 is 3.58. The van der Waals surface area contributed by atoms with E-state index < -0.39 is 0 Å². The van der Waals surface area contributed by atoms with Gasteiger partial charge in [-0.15, -0.1) is 0 Å². The van der Waals surface area contributed by atoms with E-state index in [2.05, 4.69) is 20.8 Å². The van der Waals surface area contributed by atoms with Crippen LogP contribution in [-0.4, -0.2) is 14.2 Å². The Hall–Kier alpha value is -2.53. The smallest absolute Gasteiger partial charge is 0.149 e. The van der Waals surface area contributed by atoms with Gasteiger partial charge in [0.05, 0.1) is 19.9 Å². The van der Waals surface area contributed by atoms with Gasteiger partial charge >= 0.3 is 0 Å². The van der Waals surface area contributed by atoms with Gasteiger partial charge in [0, 0.05) is 17.6 Å². The van der Waals surface area contributed by atoms with Crippen LogP contribution in [0.15, 0.2) is 59.1 Å². The molecule has 0 aromatic heterocycles. The molecular formula is C24H25BrFNO2. The molecule has 0 heterocycles. The van der Waals surface area contributed by atoms with E-state index >= 15 is 4.39 Å². The van der Waals surface area contributed by atoms with Crippen LogP contribution in [0.1, 0.15) is 22.3 Å². The first-order valence-corrected chi connectivity index (χ1v) is 10.2. The second-order valence-electron chi connectivity index (χ2n) is 6.99. The quantitative estimate of drug-likeness (QED) is 0.407. The molecule has 0 aliphatic rings. The molecule has 0 radical (unpaired) electrons. The van der Waals surface area contributed by atoms with Gasteiger partial charge in [0.2, 0.25) is 0 Å². The molecule has 3 rings (SSSR count). The van der Waals surface area contributed by atoms with Crippen LogP contribution >= 0.6 is 15.9 Å². The highest BCUT2D eigenvalue weighted by atomic mass is 79.9. The Morgan fingerprint density at radius 3 is 1.66 bits per heavy atom. The molecule has 0 atom stereocenters. The number of hydrogen-bond acceptors (Lipinski definition) is 3. The average molecular weight is 458 g/mol. The molecule has 0 aliphatic carbocycles. The number of benzene rings is 3. The fourth-order valence-corrected chi connectivity index (χ4v) is 3.70. The fraction of sp³-hybridized carbons (Fsp3) is 0.250. The van der Waals surface area contributed by atoms with Crippen molar-refractivity contribution >= 4 is 21.6 Å². The van der Waals surface area contributed by atoms with Gasteiger partial charge in [-0.3, -0.25) is 0 Å². The third kappa shape index (κ3) is 4.91. The van der Waals surface area contributed by atoms with Gasteiger partial charge in [-0.1, -0.05) is 40.2 Å². The van der Waals surface area contributed by atoms with Crippen molar-refractivity contribution in [3.8, 4) is 11.5 Å². The van der Waals surface area contributed by atoms with E-state index in [1.54, 1.807) is 14.2 Å². The molecule has 0 aliphatic heterocycles. The second kappa shape index (κ2) is 9.31. The van der Waals surface area contributed by atoms with Crippen LogP contribution < -0.4 is 14.4 Å². The lowest BCUT2D eigenvalue weighted by Crippen LogP contribution is -2.23. The Labute approximate surface area is 180 Å². The average Bonchev–Trinajstić information content (AvgIpc) is 2.75. The molecule has 0 fully saturated rings. The Kier molecular flexibility index (Phi) is 6.80. The van der Waals surface area contributed by atoms with E-state index in [0.717, 1.165) is 32.7 Å². The Morgan fingerprint density at radius 2 is 1.24 bits per heavy atom. The monoisotopic (exact) mass is 457 g/mol. The molecule has 0 spiro atoms. The highest BCUT2D eigenvalue weighted by molar-refractivity contribution is 9.10. The molecule has 0 saturated carbocycles. The summed E-state index contributed by atoms with van der Waals surface area (Å²) in [7, 11) is 3.29. The number of methoxy groups -OCH3 is 2. The topological polar surface area (TPSA) is 21.7 Å². The lowest BCUT2D eigenvalue weighted by Gasteiger charge is -2.27. The normalized spacial score (nSPS) is 10.7. The molecule has 3 aromatic carbocycles. The van der Waals surface area contributed by atoms with Crippen molar-refractivity contribution in [3.05, 3.63) is 87.1 Å². The van der Waals surface area contributed by atoms with Gasteiger partial charge < -0.3 is 14.4 Å². The zero-order chi connectivity index (χ0) is 21.0. The molecule has 0 N–H and O–H groups in total. The fourth-order valence-electron chi connectivity index (χ4n) is 3.19. The first-order chi connectivity index (χ1) is 13.9. The minimum Gasteiger partial charge on any atom is -0.497 e. The summed E-state index contributed by atoms with van der Waals surface area (Å²) in [6, 6.07) is 17.6. The van der Waals surface area contributed by atoms with Gasteiger partial charge in [-0.25, -0.2) is 4.39 Å². The van der Waals surface area contributed by atoms with Gasteiger partial charge in [-0.2, -0.15) is 0 Å². The summed E-state index contributed by atoms with van der Waals surface area (Å²) < 4.78 is 26.6. The van der Waals surface area contributed by atoms with Crippen LogP contribution in [0, 0.1) is 19.7 Å². The molecule has 3 aromatic rings. The maximum atomic E-state index is 15.2. The first kappa shape index (κ1) is 21.2. The van der Waals surface area contributed by atoms with Gasteiger partial charge in [-0.05, 0) is 66.4 Å². The van der Waals surface area contributed by atoms with Crippen molar-refractivity contribution < 1.29 is 13.9 Å². The highest BCUT2D eigenvalue weighted by Gasteiger charge is 2.18. The van der Waals surface area contributed by atoms with Crippen LogP contribution in [-0.2, 0) is 13.1 Å². The number of anilines is 1. The van der Waals surface area contributed by atoms with E-state index in [9.17, 15) is 0 Å². The van der Waals surface area contributed by atoms with Crippen LogP contribution in [0.25, 0.3) is 0 Å². The van der Waals surface area contributed by atoms with Gasteiger partial charge in [0.1, 0.15) is 17.3 Å². The highest BCUT2D eigenvalue weighted by Crippen LogP contribution is 2.33. The first-order valence-electron chi connectivity index (χ1n) is 9.39. The summed E-state index contributed by atoms with van der Waals surface area (Å²) in [5.74, 6) is 1.42. The molecule has 5 heteroatoms. The van der Waals surface area contributed by atoms with Crippen molar-refractivity contribution in [2.75, 3.05) is 19.1 Å². The van der Waals surface area contributed by atoms with Crippen molar-refractivity contribution in [2.45, 2.75) is 26.9 Å². The van der Waals surface area contributed by atoms with E-state index in [0.29, 0.717) is 24.3 Å². The third-order valence-corrected chi connectivity index (χ3v) is 5.97. The van der Waals surface area contributed by atoms with Crippen molar-refractivity contribution in [3.63, 3.8) is 0 Å². The summed E-state index contributed by atoms with van der Waals surface area (Å²) in [5, 5.41) is 0. The minimum absolute atomic E-state index is 0.187. The maximum absolute atomic E-state index is 15.2. The van der Waals surface area contributed by atoms with Gasteiger partial charge in [0.25, 0.3) is 0 Å². The Bertz CT molecular complexity index is 922. The lowest BCUT2D eigenvalue weighted by molar-refractivity contribution is 0.414. The lowest BCUT2D eigenvalue weighted by atomic mass is 10.1. The SMILES string of the molecule is COc1ccc(CN(Cc2ccc(OC)cc2)c2cc(Br)c(C)c(C)c2F)cc1. The number of ether oxygens (including phenoxy) is 2. The predicted octanol–water partition coefficient (Wildman–Crippen LogP) is 6.43. The zero-order valence-corrected chi connectivity index (χ0v) is 18.7. The Balaban J connectivity index is 1.98. The molecule has 152 valence electrons. The molecule has 29 heavy (non-hydrogen) atoms. The molecular weight excluding hydrogens is 433 g/mol. The van der Waals surface area contributed by atoms with E-state index in [1.165, 1.54) is 0 Å². The number of nitrogens with zero attached hydrogens (tertiary/aromatic N) is 1. The van der Waals surface area contributed by atoms with E-state index in [1.807, 2.05) is 68.4 Å². The number of halogens is 2. The predicted molar refractivity (Wildman–Crippen MR) is 119 cm³/mol. The minimum atomic E-state index is -0.187. The summed E-state index contributed by atoms with van der Waals surface area (Å²) in [5.41, 5.74) is 4.30. The van der Waals surface area contributed by atoms with E-state index in [-0.39, 0.29) is 5.82 Å².